The van der Waals surface area contributed by atoms with Gasteiger partial charge in [-0.1, -0.05) is 42.5 Å². The fourth-order valence-corrected chi connectivity index (χ4v) is 3.64. The summed E-state index contributed by atoms with van der Waals surface area (Å²) in [5, 5.41) is 8.48. The second kappa shape index (κ2) is 9.53. The number of aromatic nitrogens is 1. The molecule has 1 aromatic heterocycles. The van der Waals surface area contributed by atoms with Crippen LogP contribution in [0, 0.1) is 6.92 Å². The number of likely N-dealkylation sites (tertiary alicyclic amines) is 1. The number of hydrogen-bond acceptors (Lipinski definition) is 3. The molecular formula is C23H26F3N3O2. The highest BCUT2D eigenvalue weighted by atomic mass is 19.4. The maximum atomic E-state index is 10.6. The number of aliphatic carboxylic acids is 1. The van der Waals surface area contributed by atoms with Crippen LogP contribution >= 0.6 is 0 Å². The van der Waals surface area contributed by atoms with Crippen LogP contribution in [0.3, 0.4) is 0 Å². The molecule has 166 valence electrons. The molecule has 0 aliphatic carbocycles. The van der Waals surface area contributed by atoms with E-state index in [1.165, 1.54) is 27.7 Å². The minimum absolute atomic E-state index is 0.663. The van der Waals surface area contributed by atoms with Crippen molar-refractivity contribution in [1.29, 1.82) is 0 Å². The van der Waals surface area contributed by atoms with Gasteiger partial charge in [0.25, 0.3) is 0 Å². The number of fused-ring (bicyclic) bond motifs is 1. The summed E-state index contributed by atoms with van der Waals surface area (Å²) in [6.45, 7) is 6.53. The highest BCUT2D eigenvalue weighted by Gasteiger charge is 2.38. The van der Waals surface area contributed by atoms with Gasteiger partial charge in [0.05, 0.1) is 0 Å². The van der Waals surface area contributed by atoms with Crippen LogP contribution in [-0.2, 0) is 17.9 Å². The molecule has 2 heterocycles. The quantitative estimate of drug-likeness (QED) is 0.625. The zero-order chi connectivity index (χ0) is 22.6. The molecule has 0 unspecified atom stereocenters. The summed E-state index contributed by atoms with van der Waals surface area (Å²) in [7, 11) is 2.24. The zero-order valence-electron chi connectivity index (χ0n) is 17.5. The average Bonchev–Trinajstić information content (AvgIpc) is 3.09. The van der Waals surface area contributed by atoms with Gasteiger partial charge in [0.15, 0.2) is 0 Å². The van der Waals surface area contributed by atoms with E-state index in [0.29, 0.717) is 6.04 Å². The lowest BCUT2D eigenvalue weighted by molar-refractivity contribution is -0.192. The SMILES string of the molecule is Cc1cccc2[nH]c(CN3CC(N(C)Cc4ccccc4)C3)cc12.O=C(O)C(F)(F)F. The predicted molar refractivity (Wildman–Crippen MR) is 114 cm³/mol. The van der Waals surface area contributed by atoms with Crippen LogP contribution in [-0.4, -0.2) is 58.2 Å². The van der Waals surface area contributed by atoms with Crippen molar-refractivity contribution in [3.8, 4) is 0 Å². The van der Waals surface area contributed by atoms with E-state index in [2.05, 4.69) is 83.4 Å². The summed E-state index contributed by atoms with van der Waals surface area (Å²) >= 11 is 0. The second-order valence-electron chi connectivity index (χ2n) is 7.88. The lowest BCUT2D eigenvalue weighted by Gasteiger charge is -2.44. The van der Waals surface area contributed by atoms with E-state index in [-0.39, 0.29) is 0 Å². The number of halogens is 3. The van der Waals surface area contributed by atoms with E-state index in [0.717, 1.165) is 26.2 Å². The highest BCUT2D eigenvalue weighted by Crippen LogP contribution is 2.23. The van der Waals surface area contributed by atoms with E-state index in [4.69, 9.17) is 9.90 Å². The highest BCUT2D eigenvalue weighted by molar-refractivity contribution is 5.83. The number of nitrogens with zero attached hydrogens (tertiary/aromatic N) is 2. The first-order valence-corrected chi connectivity index (χ1v) is 9.97. The molecule has 5 nitrogen and oxygen atoms in total. The normalized spacial score (nSPS) is 14.9. The Morgan fingerprint density at radius 1 is 1.16 bits per heavy atom. The Labute approximate surface area is 179 Å². The number of H-pyrrole nitrogens is 1. The number of aryl methyl sites for hydroxylation is 1. The van der Waals surface area contributed by atoms with Crippen LogP contribution in [0.25, 0.3) is 10.9 Å². The Kier molecular flexibility index (Phi) is 7.02. The number of alkyl halides is 3. The van der Waals surface area contributed by atoms with E-state index in [1.807, 2.05) is 0 Å². The first-order chi connectivity index (χ1) is 14.6. The zero-order valence-corrected chi connectivity index (χ0v) is 17.5. The molecule has 0 amide bonds. The summed E-state index contributed by atoms with van der Waals surface area (Å²) in [5.41, 5.74) is 5.32. The molecule has 3 aromatic rings. The maximum absolute atomic E-state index is 10.6. The van der Waals surface area contributed by atoms with Gasteiger partial charge in [0.2, 0.25) is 0 Å². The molecule has 0 atom stereocenters. The molecule has 1 saturated heterocycles. The third-order valence-corrected chi connectivity index (χ3v) is 5.41. The Morgan fingerprint density at radius 3 is 2.39 bits per heavy atom. The molecule has 0 radical (unpaired) electrons. The Bertz CT molecular complexity index is 1010. The third-order valence-electron chi connectivity index (χ3n) is 5.41. The largest absolute Gasteiger partial charge is 0.490 e. The number of nitrogens with one attached hydrogen (secondary N) is 1. The minimum atomic E-state index is -5.08. The number of benzene rings is 2. The second-order valence-corrected chi connectivity index (χ2v) is 7.88. The van der Waals surface area contributed by atoms with Crippen molar-refractivity contribution in [2.75, 3.05) is 20.1 Å². The predicted octanol–water partition coefficient (Wildman–Crippen LogP) is 4.43. The summed E-state index contributed by atoms with van der Waals surface area (Å²) in [6, 6.07) is 20.2. The first kappa shape index (κ1) is 22.8. The standard InChI is InChI=1S/C21H25N3.C2HF3O2/c1-16-7-6-10-21-20(16)11-18(22-21)13-24-14-19(15-24)23(2)12-17-8-4-3-5-9-17;3-2(4,5)1(6)7/h3-11,19,22H,12-15H2,1-2H3;(H,6,7). The first-order valence-electron chi connectivity index (χ1n) is 9.97. The molecule has 0 bridgehead atoms. The summed E-state index contributed by atoms with van der Waals surface area (Å²) in [6.07, 6.45) is -5.08. The number of likely N-dealkylation sites (N-methyl/N-ethyl adjacent to an activating group) is 1. The molecular weight excluding hydrogens is 407 g/mol. The maximum Gasteiger partial charge on any atom is 0.490 e. The number of carboxylic acid groups (broad SMARTS) is 1. The molecule has 2 N–H and O–H groups in total. The number of rotatable bonds is 5. The van der Waals surface area contributed by atoms with Crippen LogP contribution in [0.15, 0.2) is 54.6 Å². The average molecular weight is 433 g/mol. The lowest BCUT2D eigenvalue weighted by atomic mass is 10.1. The van der Waals surface area contributed by atoms with Gasteiger partial charge < -0.3 is 10.1 Å². The van der Waals surface area contributed by atoms with Gasteiger partial charge in [-0.05, 0) is 37.2 Å². The molecule has 31 heavy (non-hydrogen) atoms. The van der Waals surface area contributed by atoms with Crippen LogP contribution in [0.2, 0.25) is 0 Å². The van der Waals surface area contributed by atoms with Gasteiger partial charge in [-0.15, -0.1) is 0 Å². The summed E-state index contributed by atoms with van der Waals surface area (Å²) in [4.78, 5) is 17.5. The van der Waals surface area contributed by atoms with Crippen molar-refractivity contribution in [1.82, 2.24) is 14.8 Å². The van der Waals surface area contributed by atoms with Gasteiger partial charge in [-0.3, -0.25) is 9.80 Å². The van der Waals surface area contributed by atoms with Crippen molar-refractivity contribution in [2.24, 2.45) is 0 Å². The lowest BCUT2D eigenvalue weighted by Crippen LogP contribution is -2.57. The fourth-order valence-electron chi connectivity index (χ4n) is 3.64. The number of aromatic amines is 1. The molecule has 1 aliphatic heterocycles. The Hall–Kier alpha value is -2.84. The van der Waals surface area contributed by atoms with Crippen molar-refractivity contribution >= 4 is 16.9 Å². The van der Waals surface area contributed by atoms with Gasteiger partial charge in [0, 0.05) is 48.8 Å². The Morgan fingerprint density at radius 2 is 1.81 bits per heavy atom. The van der Waals surface area contributed by atoms with Crippen LogP contribution in [0.5, 0.6) is 0 Å². The van der Waals surface area contributed by atoms with E-state index >= 15 is 0 Å². The van der Waals surface area contributed by atoms with Gasteiger partial charge in [-0.2, -0.15) is 13.2 Å². The van der Waals surface area contributed by atoms with Crippen LogP contribution in [0.4, 0.5) is 13.2 Å². The van der Waals surface area contributed by atoms with Crippen molar-refractivity contribution in [3.05, 3.63) is 71.4 Å². The van der Waals surface area contributed by atoms with Gasteiger partial charge in [-0.25, -0.2) is 4.79 Å². The molecule has 0 spiro atoms. The van der Waals surface area contributed by atoms with Crippen molar-refractivity contribution in [3.63, 3.8) is 0 Å². The number of hydrogen-bond donors (Lipinski definition) is 2. The summed E-state index contributed by atoms with van der Waals surface area (Å²) in [5.74, 6) is -2.76. The number of carbonyl (C=O) groups is 1. The Balaban J connectivity index is 0.000000339. The molecule has 2 aromatic carbocycles. The van der Waals surface area contributed by atoms with Crippen LogP contribution < -0.4 is 0 Å². The van der Waals surface area contributed by atoms with Crippen molar-refractivity contribution < 1.29 is 23.1 Å². The van der Waals surface area contributed by atoms with Crippen LogP contribution in [0.1, 0.15) is 16.8 Å². The van der Waals surface area contributed by atoms with Gasteiger partial charge in [0.1, 0.15) is 0 Å². The molecule has 4 rings (SSSR count). The molecule has 8 heteroatoms. The summed E-state index contributed by atoms with van der Waals surface area (Å²) < 4.78 is 31.7. The molecule has 1 aliphatic rings. The molecule has 0 saturated carbocycles. The minimum Gasteiger partial charge on any atom is -0.475 e. The van der Waals surface area contributed by atoms with E-state index in [9.17, 15) is 13.2 Å². The fraction of sp³-hybridized carbons (Fsp3) is 0.348. The van der Waals surface area contributed by atoms with Gasteiger partial charge >= 0.3 is 12.1 Å². The topological polar surface area (TPSA) is 59.6 Å². The molecule has 1 fully saturated rings. The monoisotopic (exact) mass is 433 g/mol. The smallest absolute Gasteiger partial charge is 0.475 e. The van der Waals surface area contributed by atoms with Crippen molar-refractivity contribution in [2.45, 2.75) is 32.2 Å². The van der Waals surface area contributed by atoms with E-state index < -0.39 is 12.1 Å². The number of carboxylic acids is 1. The van der Waals surface area contributed by atoms with E-state index in [1.54, 1.807) is 0 Å². The third kappa shape index (κ3) is 6.08.